The van der Waals surface area contributed by atoms with Gasteiger partial charge in [-0.1, -0.05) is 28.5 Å². The van der Waals surface area contributed by atoms with Crippen molar-refractivity contribution in [1.82, 2.24) is 10.2 Å². The van der Waals surface area contributed by atoms with E-state index in [1.807, 2.05) is 56.3 Å². The molecule has 5 nitrogen and oxygen atoms in total. The van der Waals surface area contributed by atoms with Gasteiger partial charge in [-0.15, -0.1) is 10.2 Å². The maximum atomic E-state index is 12.4. The van der Waals surface area contributed by atoms with Crippen LogP contribution in [0.5, 0.6) is 5.75 Å². The number of aryl methyl sites for hydroxylation is 2. The van der Waals surface area contributed by atoms with Crippen molar-refractivity contribution in [3.63, 3.8) is 0 Å². The van der Waals surface area contributed by atoms with Crippen molar-refractivity contribution in [2.45, 2.75) is 13.8 Å². The van der Waals surface area contributed by atoms with Crippen molar-refractivity contribution >= 4 is 22.4 Å². The summed E-state index contributed by atoms with van der Waals surface area (Å²) in [5.74, 6) is 0.603. The molecule has 0 aliphatic rings. The summed E-state index contributed by atoms with van der Waals surface area (Å²) < 4.78 is 5.14. The monoisotopic (exact) mass is 339 g/mol. The number of nitrogens with zero attached hydrogens (tertiary/aromatic N) is 2. The minimum atomic E-state index is -0.181. The van der Waals surface area contributed by atoms with E-state index in [1.165, 1.54) is 11.3 Å². The molecule has 1 heterocycles. The number of rotatable bonds is 4. The van der Waals surface area contributed by atoms with Crippen LogP contribution in [0.15, 0.2) is 42.5 Å². The number of ether oxygens (including phenoxy) is 1. The van der Waals surface area contributed by atoms with E-state index in [1.54, 1.807) is 7.11 Å². The molecule has 0 spiro atoms. The van der Waals surface area contributed by atoms with E-state index in [4.69, 9.17) is 4.74 Å². The molecule has 0 aliphatic carbocycles. The quantitative estimate of drug-likeness (QED) is 0.778. The lowest BCUT2D eigenvalue weighted by Crippen LogP contribution is -2.12. The molecule has 6 heteroatoms. The van der Waals surface area contributed by atoms with Gasteiger partial charge in [0, 0.05) is 11.1 Å². The van der Waals surface area contributed by atoms with E-state index >= 15 is 0 Å². The van der Waals surface area contributed by atoms with Crippen LogP contribution in [0.4, 0.5) is 5.13 Å². The average molecular weight is 339 g/mol. The van der Waals surface area contributed by atoms with Crippen LogP contribution in [0.2, 0.25) is 0 Å². The Morgan fingerprint density at radius 3 is 2.33 bits per heavy atom. The molecule has 0 aliphatic heterocycles. The van der Waals surface area contributed by atoms with Crippen molar-refractivity contribution in [2.75, 3.05) is 12.4 Å². The third-order valence-corrected chi connectivity index (χ3v) is 4.35. The Labute approximate surface area is 144 Å². The fourth-order valence-corrected chi connectivity index (χ4v) is 3.14. The van der Waals surface area contributed by atoms with Crippen molar-refractivity contribution in [3.8, 4) is 16.3 Å². The number of carbonyl (C=O) groups excluding carboxylic acids is 1. The molecule has 3 aromatic rings. The second kappa shape index (κ2) is 6.80. The number of benzene rings is 2. The highest BCUT2D eigenvalue weighted by Crippen LogP contribution is 2.28. The first kappa shape index (κ1) is 16.1. The predicted octanol–water partition coefficient (Wildman–Crippen LogP) is 4.08. The minimum absolute atomic E-state index is 0.181. The number of hydrogen-bond acceptors (Lipinski definition) is 5. The van der Waals surface area contributed by atoms with Gasteiger partial charge in [-0.25, -0.2) is 0 Å². The number of methoxy groups -OCH3 is 1. The fraction of sp³-hybridized carbons (Fsp3) is 0.167. The lowest BCUT2D eigenvalue weighted by atomic mass is 10.1. The van der Waals surface area contributed by atoms with Crippen molar-refractivity contribution in [3.05, 3.63) is 59.2 Å². The number of aromatic nitrogens is 2. The number of amides is 1. The van der Waals surface area contributed by atoms with Crippen LogP contribution in [-0.4, -0.2) is 23.2 Å². The van der Waals surface area contributed by atoms with Gasteiger partial charge in [0.25, 0.3) is 5.91 Å². The Hall–Kier alpha value is -2.73. The number of nitrogens with one attached hydrogen (secondary N) is 1. The summed E-state index contributed by atoms with van der Waals surface area (Å²) in [5, 5.41) is 12.2. The van der Waals surface area contributed by atoms with Gasteiger partial charge in [0.15, 0.2) is 0 Å². The fourth-order valence-electron chi connectivity index (χ4n) is 2.40. The number of hydrogen-bond donors (Lipinski definition) is 1. The summed E-state index contributed by atoms with van der Waals surface area (Å²) in [7, 11) is 1.63. The molecular formula is C18H17N3O2S. The van der Waals surface area contributed by atoms with E-state index in [2.05, 4.69) is 15.5 Å². The van der Waals surface area contributed by atoms with Crippen molar-refractivity contribution in [2.24, 2.45) is 0 Å². The minimum Gasteiger partial charge on any atom is -0.497 e. The lowest BCUT2D eigenvalue weighted by Gasteiger charge is -2.04. The maximum Gasteiger partial charge on any atom is 0.257 e. The van der Waals surface area contributed by atoms with Gasteiger partial charge in [0.2, 0.25) is 5.13 Å². The highest BCUT2D eigenvalue weighted by Gasteiger charge is 2.12. The van der Waals surface area contributed by atoms with Crippen molar-refractivity contribution in [1.29, 1.82) is 0 Å². The van der Waals surface area contributed by atoms with Crippen LogP contribution in [0, 0.1) is 13.8 Å². The zero-order valence-electron chi connectivity index (χ0n) is 13.7. The standard InChI is InChI=1S/C18H17N3O2S/c1-11-8-12(2)10-14(9-11)16(22)19-18-21-20-17(24-18)13-4-6-15(23-3)7-5-13/h4-10H,1-3H3,(H,19,21,22). The van der Waals surface area contributed by atoms with E-state index in [-0.39, 0.29) is 5.91 Å². The molecule has 24 heavy (non-hydrogen) atoms. The van der Waals surface area contributed by atoms with Gasteiger partial charge in [-0.2, -0.15) is 0 Å². The summed E-state index contributed by atoms with van der Waals surface area (Å²) in [6.45, 7) is 3.94. The molecule has 3 rings (SSSR count). The van der Waals surface area contributed by atoms with Gasteiger partial charge < -0.3 is 4.74 Å². The average Bonchev–Trinajstić information content (AvgIpc) is 3.02. The molecule has 1 amide bonds. The highest BCUT2D eigenvalue weighted by atomic mass is 32.1. The Morgan fingerprint density at radius 2 is 1.71 bits per heavy atom. The zero-order chi connectivity index (χ0) is 17.1. The Bertz CT molecular complexity index is 852. The zero-order valence-corrected chi connectivity index (χ0v) is 14.5. The lowest BCUT2D eigenvalue weighted by molar-refractivity contribution is 0.102. The van der Waals surface area contributed by atoms with E-state index in [0.717, 1.165) is 27.4 Å². The van der Waals surface area contributed by atoms with E-state index < -0.39 is 0 Å². The smallest absolute Gasteiger partial charge is 0.257 e. The highest BCUT2D eigenvalue weighted by molar-refractivity contribution is 7.18. The molecule has 0 bridgehead atoms. The Balaban J connectivity index is 1.76. The van der Waals surface area contributed by atoms with Gasteiger partial charge >= 0.3 is 0 Å². The SMILES string of the molecule is COc1ccc(-c2nnc(NC(=O)c3cc(C)cc(C)c3)s2)cc1. The third-order valence-electron chi connectivity index (χ3n) is 3.47. The normalized spacial score (nSPS) is 10.5. The van der Waals surface area contributed by atoms with Crippen LogP contribution in [-0.2, 0) is 0 Å². The molecule has 0 saturated carbocycles. The first-order valence-corrected chi connectivity index (χ1v) is 8.24. The topological polar surface area (TPSA) is 64.1 Å². The van der Waals surface area contributed by atoms with E-state index in [0.29, 0.717) is 10.7 Å². The first-order chi connectivity index (χ1) is 11.5. The van der Waals surface area contributed by atoms with Gasteiger partial charge in [0.1, 0.15) is 10.8 Å². The van der Waals surface area contributed by atoms with Crippen LogP contribution in [0.25, 0.3) is 10.6 Å². The summed E-state index contributed by atoms with van der Waals surface area (Å²) in [6.07, 6.45) is 0. The maximum absolute atomic E-state index is 12.4. The first-order valence-electron chi connectivity index (χ1n) is 7.43. The van der Waals surface area contributed by atoms with Gasteiger partial charge in [0.05, 0.1) is 7.11 Å². The van der Waals surface area contributed by atoms with Gasteiger partial charge in [-0.05, 0) is 50.2 Å². The molecule has 0 saturated heterocycles. The van der Waals surface area contributed by atoms with Crippen molar-refractivity contribution < 1.29 is 9.53 Å². The number of carbonyl (C=O) groups is 1. The summed E-state index contributed by atoms with van der Waals surface area (Å²) in [4.78, 5) is 12.4. The van der Waals surface area contributed by atoms with Crippen LogP contribution in [0.3, 0.4) is 0 Å². The summed E-state index contributed by atoms with van der Waals surface area (Å²) in [5.41, 5.74) is 3.65. The second-order valence-electron chi connectivity index (χ2n) is 5.47. The molecule has 0 fully saturated rings. The van der Waals surface area contributed by atoms with Crippen LogP contribution in [0.1, 0.15) is 21.5 Å². The molecule has 1 aromatic heterocycles. The molecule has 0 atom stereocenters. The largest absolute Gasteiger partial charge is 0.497 e. The molecule has 0 unspecified atom stereocenters. The van der Waals surface area contributed by atoms with E-state index in [9.17, 15) is 4.79 Å². The summed E-state index contributed by atoms with van der Waals surface area (Å²) in [6, 6.07) is 13.3. The third kappa shape index (κ3) is 3.60. The number of anilines is 1. The Morgan fingerprint density at radius 1 is 1.04 bits per heavy atom. The Kier molecular flexibility index (Phi) is 4.57. The summed E-state index contributed by atoms with van der Waals surface area (Å²) >= 11 is 1.34. The van der Waals surface area contributed by atoms with Gasteiger partial charge in [-0.3, -0.25) is 10.1 Å². The molecular weight excluding hydrogens is 322 g/mol. The molecule has 0 radical (unpaired) electrons. The van der Waals surface area contributed by atoms with Crippen LogP contribution >= 0.6 is 11.3 Å². The predicted molar refractivity (Wildman–Crippen MR) is 95.8 cm³/mol. The second-order valence-corrected chi connectivity index (χ2v) is 6.45. The van der Waals surface area contributed by atoms with Crippen LogP contribution < -0.4 is 10.1 Å². The molecule has 1 N–H and O–H groups in total. The molecule has 122 valence electrons. The molecule has 2 aromatic carbocycles.